The number of thiophene rings is 1. The van der Waals surface area contributed by atoms with Gasteiger partial charge < -0.3 is 15.0 Å². The summed E-state index contributed by atoms with van der Waals surface area (Å²) in [6.07, 6.45) is 0.0509. The number of rotatable bonds is 5. The number of halogens is 1. The van der Waals surface area contributed by atoms with Gasteiger partial charge in [0.15, 0.2) is 0 Å². The fraction of sp³-hybridized carbons (Fsp3) is 0.300. The second-order valence-electron chi connectivity index (χ2n) is 6.47. The standard InChI is InChI=1S/C20H18ClN3O4S/c1-3-28-20(27)17-11(2)15(9-22)19(29-17)23-18(26)12-7-16(25)24(10-12)14-6-4-5-13(21)8-14/h4-6,8,12H,3,7,10H2,1-2H3,(H,23,26). The van der Waals surface area contributed by atoms with Crippen molar-refractivity contribution in [1.29, 1.82) is 5.26 Å². The monoisotopic (exact) mass is 431 g/mol. The van der Waals surface area contributed by atoms with Gasteiger partial charge in [0.25, 0.3) is 0 Å². The number of carbonyl (C=O) groups is 3. The summed E-state index contributed by atoms with van der Waals surface area (Å²) in [5, 5.41) is 12.9. The van der Waals surface area contributed by atoms with Crippen molar-refractivity contribution < 1.29 is 19.1 Å². The van der Waals surface area contributed by atoms with Crippen molar-refractivity contribution in [2.24, 2.45) is 5.92 Å². The minimum atomic E-state index is -0.582. The van der Waals surface area contributed by atoms with Gasteiger partial charge >= 0.3 is 5.97 Å². The molecule has 0 saturated carbocycles. The Morgan fingerprint density at radius 2 is 2.21 bits per heavy atom. The van der Waals surface area contributed by atoms with Crippen LogP contribution in [-0.2, 0) is 14.3 Å². The minimum absolute atomic E-state index is 0.0509. The quantitative estimate of drug-likeness (QED) is 0.727. The van der Waals surface area contributed by atoms with E-state index in [9.17, 15) is 19.6 Å². The largest absolute Gasteiger partial charge is 0.462 e. The topological polar surface area (TPSA) is 99.5 Å². The normalized spacial score (nSPS) is 15.9. The van der Waals surface area contributed by atoms with E-state index in [2.05, 4.69) is 5.32 Å². The zero-order chi connectivity index (χ0) is 21.1. The Hall–Kier alpha value is -2.89. The van der Waals surface area contributed by atoms with Gasteiger partial charge in [0, 0.05) is 23.7 Å². The second-order valence-corrected chi connectivity index (χ2v) is 7.92. The molecule has 1 unspecified atom stereocenters. The number of esters is 1. The van der Waals surface area contributed by atoms with E-state index in [1.807, 2.05) is 6.07 Å². The highest BCUT2D eigenvalue weighted by atomic mass is 35.5. The van der Waals surface area contributed by atoms with Crippen LogP contribution in [0.25, 0.3) is 0 Å². The number of benzene rings is 1. The highest BCUT2D eigenvalue weighted by Crippen LogP contribution is 2.34. The molecule has 0 bridgehead atoms. The number of hydrogen-bond acceptors (Lipinski definition) is 6. The van der Waals surface area contributed by atoms with Crippen molar-refractivity contribution in [2.75, 3.05) is 23.4 Å². The van der Waals surface area contributed by atoms with Crippen molar-refractivity contribution >= 4 is 51.4 Å². The van der Waals surface area contributed by atoms with Crippen LogP contribution >= 0.6 is 22.9 Å². The average molecular weight is 432 g/mol. The lowest BCUT2D eigenvalue weighted by Gasteiger charge is -2.16. The fourth-order valence-electron chi connectivity index (χ4n) is 3.12. The van der Waals surface area contributed by atoms with Gasteiger partial charge in [-0.1, -0.05) is 17.7 Å². The predicted octanol–water partition coefficient (Wildman–Crippen LogP) is 3.75. The first-order valence-electron chi connectivity index (χ1n) is 8.93. The number of anilines is 2. The molecular formula is C20H18ClN3O4S. The molecule has 1 fully saturated rings. The molecule has 0 spiro atoms. The molecule has 3 rings (SSSR count). The number of ether oxygens (including phenoxy) is 1. The molecule has 0 aliphatic carbocycles. The molecule has 29 heavy (non-hydrogen) atoms. The maximum Gasteiger partial charge on any atom is 0.348 e. The van der Waals surface area contributed by atoms with Gasteiger partial charge in [-0.25, -0.2) is 4.79 Å². The minimum Gasteiger partial charge on any atom is -0.462 e. The lowest BCUT2D eigenvalue weighted by atomic mass is 10.1. The van der Waals surface area contributed by atoms with Crippen molar-refractivity contribution in [1.82, 2.24) is 0 Å². The van der Waals surface area contributed by atoms with Crippen LogP contribution in [0.2, 0.25) is 5.02 Å². The summed E-state index contributed by atoms with van der Waals surface area (Å²) in [6, 6.07) is 8.89. The van der Waals surface area contributed by atoms with Gasteiger partial charge in [0.05, 0.1) is 18.1 Å². The van der Waals surface area contributed by atoms with E-state index >= 15 is 0 Å². The highest BCUT2D eigenvalue weighted by Gasteiger charge is 2.36. The highest BCUT2D eigenvalue weighted by molar-refractivity contribution is 7.18. The van der Waals surface area contributed by atoms with E-state index < -0.39 is 11.9 Å². The number of nitriles is 1. The van der Waals surface area contributed by atoms with E-state index in [1.54, 1.807) is 38.1 Å². The van der Waals surface area contributed by atoms with Crippen LogP contribution in [0.3, 0.4) is 0 Å². The molecule has 150 valence electrons. The lowest BCUT2D eigenvalue weighted by Crippen LogP contribution is -2.28. The molecule has 2 aromatic rings. The number of nitrogens with one attached hydrogen (secondary N) is 1. The summed E-state index contributed by atoms with van der Waals surface area (Å²) in [4.78, 5) is 39.0. The van der Waals surface area contributed by atoms with Crippen molar-refractivity contribution in [2.45, 2.75) is 20.3 Å². The van der Waals surface area contributed by atoms with E-state index in [-0.39, 0.29) is 46.8 Å². The third kappa shape index (κ3) is 4.26. The van der Waals surface area contributed by atoms with E-state index in [1.165, 1.54) is 4.90 Å². The SMILES string of the molecule is CCOC(=O)c1sc(NC(=O)C2CC(=O)N(c3cccc(Cl)c3)C2)c(C#N)c1C. The van der Waals surface area contributed by atoms with E-state index in [0.29, 0.717) is 16.3 Å². The summed E-state index contributed by atoms with van der Waals surface area (Å²) in [6.45, 7) is 3.75. The molecule has 1 aliphatic rings. The molecule has 7 nitrogen and oxygen atoms in total. The molecule has 1 N–H and O–H groups in total. The summed E-state index contributed by atoms with van der Waals surface area (Å²) in [5.74, 6) is -1.67. The predicted molar refractivity (Wildman–Crippen MR) is 110 cm³/mol. The Bertz CT molecular complexity index is 1030. The molecule has 0 radical (unpaired) electrons. The van der Waals surface area contributed by atoms with Gasteiger partial charge in [0.2, 0.25) is 11.8 Å². The van der Waals surface area contributed by atoms with Crippen LogP contribution < -0.4 is 10.2 Å². The van der Waals surface area contributed by atoms with E-state index in [4.69, 9.17) is 16.3 Å². The third-order valence-electron chi connectivity index (χ3n) is 4.57. The average Bonchev–Trinajstić information content (AvgIpc) is 3.22. The summed E-state index contributed by atoms with van der Waals surface area (Å²) < 4.78 is 5.00. The van der Waals surface area contributed by atoms with Gasteiger partial charge in [-0.2, -0.15) is 5.26 Å². The second kappa shape index (κ2) is 8.64. The van der Waals surface area contributed by atoms with Crippen molar-refractivity contribution in [3.8, 4) is 6.07 Å². The molecule has 1 aromatic carbocycles. The fourth-order valence-corrected chi connectivity index (χ4v) is 4.36. The number of hydrogen-bond donors (Lipinski definition) is 1. The van der Waals surface area contributed by atoms with Crippen LogP contribution in [0.15, 0.2) is 24.3 Å². The van der Waals surface area contributed by atoms with Gasteiger partial charge in [0.1, 0.15) is 15.9 Å². The molecule has 1 aromatic heterocycles. The first-order chi connectivity index (χ1) is 13.8. The molecule has 1 aliphatic heterocycles. The molecular weight excluding hydrogens is 414 g/mol. The molecule has 1 saturated heterocycles. The van der Waals surface area contributed by atoms with Crippen LogP contribution in [0, 0.1) is 24.2 Å². The number of carbonyl (C=O) groups excluding carboxylic acids is 3. The zero-order valence-corrected chi connectivity index (χ0v) is 17.4. The lowest BCUT2D eigenvalue weighted by molar-refractivity contribution is -0.122. The van der Waals surface area contributed by atoms with Gasteiger partial charge in [-0.3, -0.25) is 9.59 Å². The molecule has 1 atom stereocenters. The number of amides is 2. The molecule has 2 heterocycles. The molecule has 2 amide bonds. The van der Waals surface area contributed by atoms with Crippen LogP contribution in [0.1, 0.15) is 34.1 Å². The maximum absolute atomic E-state index is 12.8. The summed E-state index contributed by atoms with van der Waals surface area (Å²) >= 11 is 6.99. The zero-order valence-electron chi connectivity index (χ0n) is 15.8. The van der Waals surface area contributed by atoms with E-state index in [0.717, 1.165) is 11.3 Å². The summed E-state index contributed by atoms with van der Waals surface area (Å²) in [5.41, 5.74) is 1.32. The first-order valence-corrected chi connectivity index (χ1v) is 10.1. The van der Waals surface area contributed by atoms with Crippen LogP contribution in [0.4, 0.5) is 10.7 Å². The maximum atomic E-state index is 12.8. The number of nitrogens with zero attached hydrogens (tertiary/aromatic N) is 2. The Labute approximate surface area is 176 Å². The third-order valence-corrected chi connectivity index (χ3v) is 5.99. The van der Waals surface area contributed by atoms with Crippen molar-refractivity contribution in [3.63, 3.8) is 0 Å². The van der Waals surface area contributed by atoms with Gasteiger partial charge in [-0.05, 0) is 37.6 Å². The Balaban J connectivity index is 1.77. The molecule has 9 heteroatoms. The first kappa shape index (κ1) is 20.8. The van der Waals surface area contributed by atoms with Crippen molar-refractivity contribution in [3.05, 3.63) is 45.3 Å². The van der Waals surface area contributed by atoms with Gasteiger partial charge in [-0.15, -0.1) is 11.3 Å². The Morgan fingerprint density at radius 1 is 1.45 bits per heavy atom. The summed E-state index contributed by atoms with van der Waals surface area (Å²) in [7, 11) is 0. The van der Waals surface area contributed by atoms with Crippen LogP contribution in [-0.4, -0.2) is 30.9 Å². The Morgan fingerprint density at radius 3 is 2.86 bits per heavy atom. The Kier molecular flexibility index (Phi) is 6.20. The smallest absolute Gasteiger partial charge is 0.348 e. The van der Waals surface area contributed by atoms with Crippen LogP contribution in [0.5, 0.6) is 0 Å².